The standard InChI is InChI=1S/C12H13N3O2/c16-12(17)10-9-5-1-2-7-15(9)11(14-10)8-4-3-6-13-8/h1-2,5,7-8,13H,3-4,6H2,(H,16,17)/t8-/m1/s1. The Hall–Kier alpha value is -1.88. The van der Waals surface area contributed by atoms with Gasteiger partial charge < -0.3 is 14.8 Å². The Bertz CT molecular complexity index is 570. The molecule has 0 bridgehead atoms. The summed E-state index contributed by atoms with van der Waals surface area (Å²) in [5, 5.41) is 12.5. The van der Waals surface area contributed by atoms with Crippen molar-refractivity contribution in [3.8, 4) is 0 Å². The summed E-state index contributed by atoms with van der Waals surface area (Å²) < 4.78 is 1.87. The molecule has 3 rings (SSSR count). The number of fused-ring (bicyclic) bond motifs is 1. The van der Waals surface area contributed by atoms with Gasteiger partial charge in [0.15, 0.2) is 5.69 Å². The molecule has 1 atom stereocenters. The summed E-state index contributed by atoms with van der Waals surface area (Å²) in [5.74, 6) is -0.173. The smallest absolute Gasteiger partial charge is 0.356 e. The van der Waals surface area contributed by atoms with Gasteiger partial charge in [-0.3, -0.25) is 0 Å². The van der Waals surface area contributed by atoms with E-state index in [1.165, 1.54) is 0 Å². The van der Waals surface area contributed by atoms with E-state index < -0.39 is 5.97 Å². The van der Waals surface area contributed by atoms with E-state index in [1.54, 1.807) is 6.07 Å². The van der Waals surface area contributed by atoms with Crippen LogP contribution in [0.25, 0.3) is 5.52 Å². The average molecular weight is 231 g/mol. The molecule has 0 saturated carbocycles. The highest BCUT2D eigenvalue weighted by molar-refractivity contribution is 5.93. The van der Waals surface area contributed by atoms with Crippen LogP contribution in [0.5, 0.6) is 0 Å². The minimum atomic E-state index is -0.974. The molecule has 0 amide bonds. The summed E-state index contributed by atoms with van der Waals surface area (Å²) >= 11 is 0. The zero-order valence-corrected chi connectivity index (χ0v) is 9.26. The molecule has 3 heterocycles. The van der Waals surface area contributed by atoms with Crippen molar-refractivity contribution < 1.29 is 9.90 Å². The van der Waals surface area contributed by atoms with Crippen LogP contribution in [0.2, 0.25) is 0 Å². The van der Waals surface area contributed by atoms with Crippen LogP contribution in [0, 0.1) is 0 Å². The Kier molecular flexibility index (Phi) is 2.33. The minimum Gasteiger partial charge on any atom is -0.476 e. The Labute approximate surface area is 98.1 Å². The van der Waals surface area contributed by atoms with Gasteiger partial charge in [-0.05, 0) is 31.5 Å². The lowest BCUT2D eigenvalue weighted by Gasteiger charge is -2.08. The molecule has 1 fully saturated rings. The predicted molar refractivity (Wildman–Crippen MR) is 62.1 cm³/mol. The number of carboxylic acids is 1. The molecule has 17 heavy (non-hydrogen) atoms. The van der Waals surface area contributed by atoms with Crippen molar-refractivity contribution in [2.45, 2.75) is 18.9 Å². The first kappa shape index (κ1) is 10.3. The van der Waals surface area contributed by atoms with Crippen molar-refractivity contribution in [3.05, 3.63) is 35.9 Å². The van der Waals surface area contributed by atoms with Gasteiger partial charge in [0.05, 0.1) is 11.6 Å². The maximum atomic E-state index is 11.1. The van der Waals surface area contributed by atoms with Gasteiger partial charge in [0.2, 0.25) is 0 Å². The number of hydrogen-bond donors (Lipinski definition) is 2. The van der Waals surface area contributed by atoms with Crippen LogP contribution in [0.15, 0.2) is 24.4 Å². The van der Waals surface area contributed by atoms with Crippen LogP contribution in [0.1, 0.15) is 35.2 Å². The summed E-state index contributed by atoms with van der Waals surface area (Å²) in [4.78, 5) is 15.4. The second kappa shape index (κ2) is 3.85. The number of hydrogen-bond acceptors (Lipinski definition) is 3. The zero-order chi connectivity index (χ0) is 11.8. The molecule has 88 valence electrons. The molecular formula is C12H13N3O2. The van der Waals surface area contributed by atoms with E-state index in [4.69, 9.17) is 5.11 Å². The van der Waals surface area contributed by atoms with E-state index in [0.29, 0.717) is 5.52 Å². The average Bonchev–Trinajstić information content (AvgIpc) is 2.95. The van der Waals surface area contributed by atoms with Crippen molar-refractivity contribution in [1.82, 2.24) is 14.7 Å². The van der Waals surface area contributed by atoms with Gasteiger partial charge in [-0.15, -0.1) is 0 Å². The van der Waals surface area contributed by atoms with E-state index in [0.717, 1.165) is 25.2 Å². The third-order valence-corrected chi connectivity index (χ3v) is 3.15. The zero-order valence-electron chi connectivity index (χ0n) is 9.26. The molecule has 0 radical (unpaired) electrons. The number of carbonyl (C=O) groups is 1. The van der Waals surface area contributed by atoms with Gasteiger partial charge in [0.25, 0.3) is 0 Å². The van der Waals surface area contributed by atoms with Gasteiger partial charge in [0, 0.05) is 6.20 Å². The minimum absolute atomic E-state index is 0.134. The van der Waals surface area contributed by atoms with Gasteiger partial charge in [0.1, 0.15) is 5.82 Å². The second-order valence-corrected chi connectivity index (χ2v) is 4.23. The largest absolute Gasteiger partial charge is 0.476 e. The Balaban J connectivity index is 2.20. The summed E-state index contributed by atoms with van der Waals surface area (Å²) in [6.45, 7) is 0.967. The van der Waals surface area contributed by atoms with Crippen LogP contribution in [-0.4, -0.2) is 27.0 Å². The number of nitrogens with zero attached hydrogens (tertiary/aromatic N) is 2. The van der Waals surface area contributed by atoms with E-state index in [-0.39, 0.29) is 11.7 Å². The molecule has 0 aromatic carbocycles. The summed E-state index contributed by atoms with van der Waals surface area (Å²) in [6.07, 6.45) is 3.98. The molecule has 5 nitrogen and oxygen atoms in total. The Morgan fingerprint density at radius 3 is 3.12 bits per heavy atom. The first-order valence-electron chi connectivity index (χ1n) is 5.71. The molecular weight excluding hydrogens is 218 g/mol. The predicted octanol–water partition coefficient (Wildman–Crippen LogP) is 1.46. The Morgan fingerprint density at radius 1 is 1.53 bits per heavy atom. The van der Waals surface area contributed by atoms with Crippen molar-refractivity contribution in [2.24, 2.45) is 0 Å². The van der Waals surface area contributed by atoms with Crippen molar-refractivity contribution in [3.63, 3.8) is 0 Å². The number of carboxylic acid groups (broad SMARTS) is 1. The fourth-order valence-electron chi connectivity index (χ4n) is 2.37. The summed E-state index contributed by atoms with van der Waals surface area (Å²) in [5.41, 5.74) is 0.790. The Morgan fingerprint density at radius 2 is 2.41 bits per heavy atom. The third kappa shape index (κ3) is 1.59. The normalized spacial score (nSPS) is 19.9. The lowest BCUT2D eigenvalue weighted by atomic mass is 10.2. The number of rotatable bonds is 2. The van der Waals surface area contributed by atoms with Gasteiger partial charge in [-0.25, -0.2) is 9.78 Å². The molecule has 0 spiro atoms. The van der Waals surface area contributed by atoms with Crippen molar-refractivity contribution in [2.75, 3.05) is 6.54 Å². The van der Waals surface area contributed by atoms with Crippen molar-refractivity contribution in [1.29, 1.82) is 0 Å². The summed E-state index contributed by atoms with van der Waals surface area (Å²) in [6, 6.07) is 5.67. The van der Waals surface area contributed by atoms with Crippen LogP contribution in [0.3, 0.4) is 0 Å². The molecule has 0 aliphatic carbocycles. The molecule has 1 aliphatic heterocycles. The lowest BCUT2D eigenvalue weighted by Crippen LogP contribution is -2.15. The number of imidazole rings is 1. The van der Waals surface area contributed by atoms with E-state index in [9.17, 15) is 4.79 Å². The number of pyridine rings is 1. The van der Waals surface area contributed by atoms with Crippen LogP contribution < -0.4 is 5.32 Å². The number of aromatic nitrogens is 2. The monoisotopic (exact) mass is 231 g/mol. The maximum absolute atomic E-state index is 11.1. The summed E-state index contributed by atoms with van der Waals surface area (Å²) in [7, 11) is 0. The van der Waals surface area contributed by atoms with Gasteiger partial charge in [-0.2, -0.15) is 0 Å². The molecule has 5 heteroatoms. The third-order valence-electron chi connectivity index (χ3n) is 3.15. The first-order valence-corrected chi connectivity index (χ1v) is 5.71. The van der Waals surface area contributed by atoms with E-state index in [2.05, 4.69) is 10.3 Å². The topological polar surface area (TPSA) is 66.6 Å². The van der Waals surface area contributed by atoms with E-state index >= 15 is 0 Å². The molecule has 2 N–H and O–H groups in total. The maximum Gasteiger partial charge on any atom is 0.356 e. The lowest BCUT2D eigenvalue weighted by molar-refractivity contribution is 0.0693. The van der Waals surface area contributed by atoms with E-state index in [1.807, 2.05) is 22.7 Å². The van der Waals surface area contributed by atoms with Gasteiger partial charge >= 0.3 is 5.97 Å². The molecule has 2 aromatic rings. The fraction of sp³-hybridized carbons (Fsp3) is 0.333. The molecule has 0 unspecified atom stereocenters. The number of nitrogens with one attached hydrogen (secondary N) is 1. The SMILES string of the molecule is O=C(O)c1nc([C@H]2CCCN2)n2ccccc12. The highest BCUT2D eigenvalue weighted by Crippen LogP contribution is 2.24. The fourth-order valence-corrected chi connectivity index (χ4v) is 2.37. The van der Waals surface area contributed by atoms with Gasteiger partial charge in [-0.1, -0.05) is 6.07 Å². The van der Waals surface area contributed by atoms with Crippen LogP contribution in [0.4, 0.5) is 0 Å². The number of aromatic carboxylic acids is 1. The quantitative estimate of drug-likeness (QED) is 0.821. The molecule has 2 aromatic heterocycles. The molecule has 1 saturated heterocycles. The van der Waals surface area contributed by atoms with Crippen LogP contribution in [-0.2, 0) is 0 Å². The molecule has 1 aliphatic rings. The highest BCUT2D eigenvalue weighted by Gasteiger charge is 2.24. The van der Waals surface area contributed by atoms with Crippen LogP contribution >= 0.6 is 0 Å². The first-order chi connectivity index (χ1) is 8.27. The highest BCUT2D eigenvalue weighted by atomic mass is 16.4. The van der Waals surface area contributed by atoms with Crippen molar-refractivity contribution >= 4 is 11.5 Å². The second-order valence-electron chi connectivity index (χ2n) is 4.23.